The van der Waals surface area contributed by atoms with E-state index in [-0.39, 0.29) is 0 Å². The van der Waals surface area contributed by atoms with Crippen molar-refractivity contribution in [2.24, 2.45) is 0 Å². The van der Waals surface area contributed by atoms with Gasteiger partial charge in [-0.2, -0.15) is 0 Å². The van der Waals surface area contributed by atoms with E-state index < -0.39 is 11.6 Å². The van der Waals surface area contributed by atoms with E-state index >= 15 is 0 Å². The highest BCUT2D eigenvalue weighted by Crippen LogP contribution is 2.32. The monoisotopic (exact) mass is 274 g/mol. The Morgan fingerprint density at radius 3 is 2.38 bits per heavy atom. The van der Waals surface area contributed by atoms with Gasteiger partial charge in [0.05, 0.1) is 16.6 Å². The molecule has 1 aliphatic rings. The standard InChI is InChI=1S/C17H10N2O2/c1-9-6-7-11-14(18-9)15-12(17(21)16(11)20)8-10-4-2-3-5-13(10)19-15/h2-8H,1H3. The second kappa shape index (κ2) is 4.06. The predicted molar refractivity (Wildman–Crippen MR) is 78.4 cm³/mol. The zero-order valence-corrected chi connectivity index (χ0v) is 11.3. The van der Waals surface area contributed by atoms with Crippen molar-refractivity contribution in [2.45, 2.75) is 6.92 Å². The first-order chi connectivity index (χ1) is 10.1. The lowest BCUT2D eigenvalue weighted by atomic mass is 9.89. The summed E-state index contributed by atoms with van der Waals surface area (Å²) < 4.78 is 0. The molecular weight excluding hydrogens is 264 g/mol. The van der Waals surface area contributed by atoms with Gasteiger partial charge in [0, 0.05) is 11.1 Å². The molecule has 0 fully saturated rings. The Morgan fingerprint density at radius 2 is 1.52 bits per heavy atom. The molecule has 100 valence electrons. The largest absolute Gasteiger partial charge is 0.285 e. The number of nitrogens with zero attached hydrogens (tertiary/aromatic N) is 2. The number of carbonyl (C=O) groups is 2. The third-order valence-corrected chi connectivity index (χ3v) is 3.68. The lowest BCUT2D eigenvalue weighted by Crippen LogP contribution is -2.23. The molecule has 4 heteroatoms. The summed E-state index contributed by atoms with van der Waals surface area (Å²) in [6.45, 7) is 1.85. The third kappa shape index (κ3) is 1.62. The molecule has 0 unspecified atom stereocenters. The number of Topliss-reactive ketones (excluding diaryl/α,β-unsaturated/α-hetero) is 2. The van der Waals surface area contributed by atoms with E-state index in [1.807, 2.05) is 31.2 Å². The molecule has 0 saturated carbocycles. The number of hydrogen-bond acceptors (Lipinski definition) is 4. The van der Waals surface area contributed by atoms with Crippen LogP contribution >= 0.6 is 0 Å². The molecule has 2 aromatic heterocycles. The molecule has 0 spiro atoms. The van der Waals surface area contributed by atoms with Gasteiger partial charge in [-0.1, -0.05) is 18.2 Å². The Bertz CT molecular complexity index is 945. The molecule has 0 saturated heterocycles. The predicted octanol–water partition coefficient (Wildman–Crippen LogP) is 2.98. The molecule has 2 heterocycles. The summed E-state index contributed by atoms with van der Waals surface area (Å²) in [6.07, 6.45) is 0. The van der Waals surface area contributed by atoms with E-state index in [9.17, 15) is 9.59 Å². The Labute approximate surface area is 120 Å². The van der Waals surface area contributed by atoms with Crippen molar-refractivity contribution in [2.75, 3.05) is 0 Å². The smallest absolute Gasteiger partial charge is 0.235 e. The fourth-order valence-corrected chi connectivity index (χ4v) is 2.63. The Kier molecular flexibility index (Phi) is 2.30. The summed E-state index contributed by atoms with van der Waals surface area (Å²) in [5, 5.41) is 0.841. The van der Waals surface area contributed by atoms with Crippen molar-refractivity contribution < 1.29 is 9.59 Å². The number of aromatic nitrogens is 2. The molecule has 0 radical (unpaired) electrons. The molecular formula is C17H10N2O2. The number of rotatable bonds is 0. The van der Waals surface area contributed by atoms with Crippen LogP contribution in [0.2, 0.25) is 0 Å². The highest BCUT2D eigenvalue weighted by molar-refractivity contribution is 6.52. The zero-order chi connectivity index (χ0) is 14.6. The van der Waals surface area contributed by atoms with Crippen molar-refractivity contribution in [1.29, 1.82) is 0 Å². The molecule has 0 atom stereocenters. The molecule has 1 aliphatic carbocycles. The van der Waals surface area contributed by atoms with Gasteiger partial charge in [0.1, 0.15) is 11.4 Å². The van der Waals surface area contributed by atoms with Crippen LogP contribution in [0.5, 0.6) is 0 Å². The highest BCUT2D eigenvalue weighted by Gasteiger charge is 2.32. The van der Waals surface area contributed by atoms with E-state index in [1.165, 1.54) is 0 Å². The van der Waals surface area contributed by atoms with Crippen molar-refractivity contribution >= 4 is 22.5 Å². The minimum atomic E-state index is -0.513. The van der Waals surface area contributed by atoms with E-state index in [0.29, 0.717) is 22.5 Å². The van der Waals surface area contributed by atoms with Gasteiger partial charge < -0.3 is 0 Å². The lowest BCUT2D eigenvalue weighted by molar-refractivity contribution is 0.0815. The van der Waals surface area contributed by atoms with E-state index in [1.54, 1.807) is 18.2 Å². The number of benzene rings is 1. The average Bonchev–Trinajstić information content (AvgIpc) is 2.51. The van der Waals surface area contributed by atoms with Gasteiger partial charge >= 0.3 is 0 Å². The summed E-state index contributed by atoms with van der Waals surface area (Å²) in [6, 6.07) is 12.6. The molecule has 0 aliphatic heterocycles. The van der Waals surface area contributed by atoms with Crippen molar-refractivity contribution in [3.63, 3.8) is 0 Å². The maximum Gasteiger partial charge on any atom is 0.235 e. The fraction of sp³-hybridized carbons (Fsp3) is 0.0588. The topological polar surface area (TPSA) is 59.9 Å². The molecule has 1 aromatic carbocycles. The SMILES string of the molecule is Cc1ccc2c(n1)-c1nc3ccccc3cc1C(=O)C2=O. The number of hydrogen-bond donors (Lipinski definition) is 0. The zero-order valence-electron chi connectivity index (χ0n) is 11.3. The summed E-state index contributed by atoms with van der Waals surface area (Å²) in [7, 11) is 0. The maximum atomic E-state index is 12.3. The molecule has 21 heavy (non-hydrogen) atoms. The van der Waals surface area contributed by atoms with E-state index in [2.05, 4.69) is 9.97 Å². The fourth-order valence-electron chi connectivity index (χ4n) is 2.63. The number of para-hydroxylation sites is 1. The summed E-state index contributed by atoms with van der Waals surface area (Å²) in [5.74, 6) is -1.02. The van der Waals surface area contributed by atoms with Gasteiger partial charge in [-0.15, -0.1) is 0 Å². The average molecular weight is 274 g/mol. The van der Waals surface area contributed by atoms with E-state index in [0.717, 1.165) is 16.6 Å². The quantitative estimate of drug-likeness (QED) is 0.591. The van der Waals surface area contributed by atoms with Crippen LogP contribution in [0.25, 0.3) is 22.3 Å². The Morgan fingerprint density at radius 1 is 0.810 bits per heavy atom. The second-order valence-electron chi connectivity index (χ2n) is 5.08. The Hall–Kier alpha value is -2.88. The summed E-state index contributed by atoms with van der Waals surface area (Å²) in [4.78, 5) is 33.5. The molecule has 4 nitrogen and oxygen atoms in total. The van der Waals surface area contributed by atoms with Crippen LogP contribution in [0.15, 0.2) is 42.5 Å². The first-order valence-electron chi connectivity index (χ1n) is 6.62. The third-order valence-electron chi connectivity index (χ3n) is 3.68. The van der Waals surface area contributed by atoms with Gasteiger partial charge in [0.25, 0.3) is 0 Å². The summed E-state index contributed by atoms with van der Waals surface area (Å²) >= 11 is 0. The van der Waals surface area contributed by atoms with Crippen LogP contribution in [0.3, 0.4) is 0 Å². The van der Waals surface area contributed by atoms with Gasteiger partial charge in [-0.05, 0) is 31.2 Å². The van der Waals surface area contributed by atoms with Crippen molar-refractivity contribution in [3.05, 3.63) is 59.3 Å². The molecule has 0 amide bonds. The van der Waals surface area contributed by atoms with Crippen LogP contribution in [-0.2, 0) is 0 Å². The van der Waals surface area contributed by atoms with Gasteiger partial charge in [-0.3, -0.25) is 14.6 Å². The highest BCUT2D eigenvalue weighted by atomic mass is 16.2. The molecule has 0 bridgehead atoms. The molecule has 0 N–H and O–H groups in total. The van der Waals surface area contributed by atoms with Crippen molar-refractivity contribution in [3.8, 4) is 11.4 Å². The van der Waals surface area contributed by atoms with Crippen LogP contribution in [-0.4, -0.2) is 21.5 Å². The number of pyridine rings is 2. The second-order valence-corrected chi connectivity index (χ2v) is 5.08. The minimum Gasteiger partial charge on any atom is -0.285 e. The normalized spacial score (nSPS) is 13.2. The maximum absolute atomic E-state index is 12.3. The van der Waals surface area contributed by atoms with Crippen LogP contribution < -0.4 is 0 Å². The lowest BCUT2D eigenvalue weighted by Gasteiger charge is -2.17. The first kappa shape index (κ1) is 11.9. The van der Waals surface area contributed by atoms with Gasteiger partial charge in [0.15, 0.2) is 0 Å². The number of carbonyl (C=O) groups excluding carboxylic acids is 2. The number of fused-ring (bicyclic) bond motifs is 4. The van der Waals surface area contributed by atoms with Crippen LogP contribution in [0.1, 0.15) is 26.4 Å². The first-order valence-corrected chi connectivity index (χ1v) is 6.62. The number of aryl methyl sites for hydroxylation is 1. The van der Waals surface area contributed by atoms with Crippen LogP contribution in [0.4, 0.5) is 0 Å². The van der Waals surface area contributed by atoms with Crippen molar-refractivity contribution in [1.82, 2.24) is 9.97 Å². The number of ketones is 2. The molecule has 3 aromatic rings. The molecule has 4 rings (SSSR count). The van der Waals surface area contributed by atoms with E-state index in [4.69, 9.17) is 0 Å². The van der Waals surface area contributed by atoms with Gasteiger partial charge in [-0.25, -0.2) is 4.98 Å². The van der Waals surface area contributed by atoms with Crippen LogP contribution in [0, 0.1) is 6.92 Å². The Balaban J connectivity index is 2.14. The van der Waals surface area contributed by atoms with Gasteiger partial charge in [0.2, 0.25) is 11.6 Å². The minimum absolute atomic E-state index is 0.334. The summed E-state index contributed by atoms with van der Waals surface area (Å²) in [5.41, 5.74) is 3.24.